The van der Waals surface area contributed by atoms with Crippen molar-refractivity contribution in [2.45, 2.75) is 207 Å². The van der Waals surface area contributed by atoms with Gasteiger partial charge in [0.15, 0.2) is 6.10 Å². The third kappa shape index (κ3) is 54.1. The second-order valence-corrected chi connectivity index (χ2v) is 17.0. The van der Waals surface area contributed by atoms with Crippen LogP contribution in [0.25, 0.3) is 0 Å². The average Bonchev–Trinajstić information content (AvgIpc) is 3.34. The van der Waals surface area contributed by atoms with Crippen LogP contribution in [-0.2, 0) is 23.8 Å². The SMILES string of the molecule is CC/C=C\C/C=C\C/C=C\C/C=C\C/C=C\CCCCCC(=O)OCC(COCCCCCCCCC/C=C\C/C=C\C/C=C\C/C=C\CC)OC(=O)CC/C=C\C/C=C\C/C=C\C/C=C\CC. The van der Waals surface area contributed by atoms with Gasteiger partial charge in [-0.3, -0.25) is 9.59 Å². The Morgan fingerprint density at radius 1 is 0.324 bits per heavy atom. The zero-order valence-corrected chi connectivity index (χ0v) is 43.6. The van der Waals surface area contributed by atoms with Gasteiger partial charge in [0, 0.05) is 19.4 Å². The van der Waals surface area contributed by atoms with Crippen LogP contribution in [0.3, 0.4) is 0 Å². The van der Waals surface area contributed by atoms with E-state index in [1.807, 2.05) is 6.08 Å². The van der Waals surface area contributed by atoms with Crippen LogP contribution in [0.1, 0.15) is 201 Å². The number of ether oxygens (including phenoxy) is 3. The highest BCUT2D eigenvalue weighted by molar-refractivity contribution is 5.70. The minimum atomic E-state index is -0.607. The third-order valence-electron chi connectivity index (χ3n) is 10.6. The average molecular weight is 935 g/mol. The van der Waals surface area contributed by atoms with E-state index in [4.69, 9.17) is 14.2 Å². The summed E-state index contributed by atoms with van der Waals surface area (Å²) in [5.41, 5.74) is 0. The Kier molecular flexibility index (Phi) is 53.1. The maximum absolute atomic E-state index is 12.8. The zero-order valence-electron chi connectivity index (χ0n) is 43.6. The molecule has 0 fully saturated rings. The van der Waals surface area contributed by atoms with Gasteiger partial charge in [-0.15, -0.1) is 0 Å². The number of carbonyl (C=O) groups excluding carboxylic acids is 2. The van der Waals surface area contributed by atoms with Gasteiger partial charge in [0.25, 0.3) is 0 Å². The van der Waals surface area contributed by atoms with Crippen LogP contribution < -0.4 is 0 Å². The summed E-state index contributed by atoms with van der Waals surface area (Å²) in [4.78, 5) is 25.4. The molecule has 0 aliphatic rings. The van der Waals surface area contributed by atoms with Crippen molar-refractivity contribution in [3.8, 4) is 0 Å². The first-order valence-electron chi connectivity index (χ1n) is 27.0. The standard InChI is InChI=1S/C63H98O5/c1-4-7-10-13-16-19-22-25-27-29-31-33-35-37-40-43-46-49-52-55-58-66-59-61(68-63(65)57-54-51-48-45-42-38-24-21-18-15-12-9-6-3)60-67-62(64)56-53-50-47-44-41-39-36-34-32-30-28-26-23-20-17-14-11-8-5-2/h7-12,16-21,25-28,31-34,38-39,41-42,48,51,61H,4-6,13-15,22-24,29-30,35-37,40,43-47,49-50,52-60H2,1-3H3/b10-7-,11-8-,12-9-,19-16-,20-17-,21-18-,27-25-,28-26-,33-31-,34-32-,41-39-,42-38-,51-48-. The van der Waals surface area contributed by atoms with E-state index in [1.165, 1.54) is 32.1 Å². The van der Waals surface area contributed by atoms with Gasteiger partial charge in [-0.1, -0.05) is 217 Å². The van der Waals surface area contributed by atoms with E-state index in [2.05, 4.69) is 173 Å². The topological polar surface area (TPSA) is 61.8 Å². The number of hydrogen-bond donors (Lipinski definition) is 0. The number of unbranched alkanes of at least 4 members (excludes halogenated alkanes) is 10. The highest BCUT2D eigenvalue weighted by Crippen LogP contribution is 2.11. The number of hydrogen-bond acceptors (Lipinski definition) is 5. The smallest absolute Gasteiger partial charge is 0.306 e. The molecule has 0 radical (unpaired) electrons. The molecule has 380 valence electrons. The number of carbonyl (C=O) groups is 2. The van der Waals surface area contributed by atoms with Gasteiger partial charge >= 0.3 is 11.9 Å². The number of rotatable bonds is 47. The molecule has 0 aromatic carbocycles. The molecule has 0 aromatic rings. The predicted molar refractivity (Wildman–Crippen MR) is 297 cm³/mol. The minimum Gasteiger partial charge on any atom is -0.462 e. The highest BCUT2D eigenvalue weighted by Gasteiger charge is 2.17. The molecular weight excluding hydrogens is 837 g/mol. The molecule has 0 spiro atoms. The van der Waals surface area contributed by atoms with E-state index in [1.54, 1.807) is 0 Å². The molecule has 0 saturated carbocycles. The van der Waals surface area contributed by atoms with Crippen molar-refractivity contribution in [2.24, 2.45) is 0 Å². The number of allylic oxidation sites excluding steroid dienone is 26. The second-order valence-electron chi connectivity index (χ2n) is 17.0. The van der Waals surface area contributed by atoms with Crippen LogP contribution in [0.2, 0.25) is 0 Å². The van der Waals surface area contributed by atoms with Crippen molar-refractivity contribution < 1.29 is 23.8 Å². The van der Waals surface area contributed by atoms with E-state index < -0.39 is 6.10 Å². The Hall–Kier alpha value is -4.48. The molecule has 0 amide bonds. The van der Waals surface area contributed by atoms with E-state index in [0.717, 1.165) is 128 Å². The molecular formula is C63H98O5. The molecule has 0 rings (SSSR count). The van der Waals surface area contributed by atoms with Crippen molar-refractivity contribution in [1.29, 1.82) is 0 Å². The zero-order chi connectivity index (χ0) is 49.2. The molecule has 5 heteroatoms. The lowest BCUT2D eigenvalue weighted by molar-refractivity contribution is -0.162. The molecule has 0 heterocycles. The lowest BCUT2D eigenvalue weighted by atomic mass is 10.1. The highest BCUT2D eigenvalue weighted by atomic mass is 16.6. The van der Waals surface area contributed by atoms with Crippen molar-refractivity contribution in [3.05, 3.63) is 158 Å². The Bertz CT molecular complexity index is 1520. The van der Waals surface area contributed by atoms with Gasteiger partial charge in [-0.2, -0.15) is 0 Å². The van der Waals surface area contributed by atoms with Gasteiger partial charge in [0.2, 0.25) is 0 Å². The van der Waals surface area contributed by atoms with E-state index in [9.17, 15) is 9.59 Å². The Labute approximate surface area is 418 Å². The first-order chi connectivity index (χ1) is 33.6. The predicted octanol–water partition coefficient (Wildman–Crippen LogP) is 18.7. The summed E-state index contributed by atoms with van der Waals surface area (Å²) in [6.45, 7) is 7.32. The van der Waals surface area contributed by atoms with Crippen LogP contribution in [0, 0.1) is 0 Å². The number of esters is 2. The van der Waals surface area contributed by atoms with Crippen molar-refractivity contribution in [1.82, 2.24) is 0 Å². The maximum Gasteiger partial charge on any atom is 0.306 e. The monoisotopic (exact) mass is 935 g/mol. The Morgan fingerprint density at radius 3 is 1.04 bits per heavy atom. The molecule has 0 aromatic heterocycles. The summed E-state index contributed by atoms with van der Waals surface area (Å²) in [5.74, 6) is -0.548. The fourth-order valence-corrected chi connectivity index (χ4v) is 6.66. The lowest BCUT2D eigenvalue weighted by Gasteiger charge is -2.18. The first kappa shape index (κ1) is 63.5. The molecule has 0 aliphatic carbocycles. The molecule has 1 unspecified atom stereocenters. The lowest BCUT2D eigenvalue weighted by Crippen LogP contribution is -2.30. The van der Waals surface area contributed by atoms with Crippen LogP contribution in [0.4, 0.5) is 0 Å². The molecule has 0 aliphatic heterocycles. The Balaban J connectivity index is 4.44. The largest absolute Gasteiger partial charge is 0.462 e. The summed E-state index contributed by atoms with van der Waals surface area (Å²) < 4.78 is 17.3. The summed E-state index contributed by atoms with van der Waals surface area (Å²) >= 11 is 0. The molecule has 1 atom stereocenters. The summed E-state index contributed by atoms with van der Waals surface area (Å²) in [6.07, 6.45) is 84.2. The first-order valence-corrected chi connectivity index (χ1v) is 27.0. The fraction of sp³-hybridized carbons (Fsp3) is 0.556. The van der Waals surface area contributed by atoms with Gasteiger partial charge in [-0.05, 0) is 128 Å². The summed E-state index contributed by atoms with van der Waals surface area (Å²) in [5, 5.41) is 0. The van der Waals surface area contributed by atoms with Gasteiger partial charge in [-0.25, -0.2) is 0 Å². The van der Waals surface area contributed by atoms with Gasteiger partial charge < -0.3 is 14.2 Å². The molecule has 0 saturated heterocycles. The minimum absolute atomic E-state index is 0.0233. The summed E-state index contributed by atoms with van der Waals surface area (Å²) in [6, 6.07) is 0. The van der Waals surface area contributed by atoms with Crippen LogP contribution >= 0.6 is 0 Å². The molecule has 0 N–H and O–H groups in total. The Morgan fingerprint density at radius 2 is 0.647 bits per heavy atom. The van der Waals surface area contributed by atoms with E-state index in [-0.39, 0.29) is 31.6 Å². The van der Waals surface area contributed by atoms with Gasteiger partial charge in [0.1, 0.15) is 6.61 Å². The van der Waals surface area contributed by atoms with Crippen molar-refractivity contribution in [3.63, 3.8) is 0 Å². The van der Waals surface area contributed by atoms with E-state index >= 15 is 0 Å². The third-order valence-corrected chi connectivity index (χ3v) is 10.6. The second kappa shape index (κ2) is 56.8. The van der Waals surface area contributed by atoms with Crippen molar-refractivity contribution in [2.75, 3.05) is 19.8 Å². The molecule has 0 bridgehead atoms. The van der Waals surface area contributed by atoms with Crippen LogP contribution in [-0.4, -0.2) is 37.9 Å². The van der Waals surface area contributed by atoms with Crippen LogP contribution in [0.15, 0.2) is 158 Å². The van der Waals surface area contributed by atoms with Crippen molar-refractivity contribution >= 4 is 11.9 Å². The quantitative estimate of drug-likeness (QED) is 0.0346. The maximum atomic E-state index is 12.8. The molecule has 5 nitrogen and oxygen atoms in total. The fourth-order valence-electron chi connectivity index (χ4n) is 6.66. The van der Waals surface area contributed by atoms with Gasteiger partial charge in [0.05, 0.1) is 6.61 Å². The normalized spacial score (nSPS) is 13.5. The van der Waals surface area contributed by atoms with Crippen LogP contribution in [0.5, 0.6) is 0 Å². The summed E-state index contributed by atoms with van der Waals surface area (Å²) in [7, 11) is 0. The molecule has 68 heavy (non-hydrogen) atoms. The van der Waals surface area contributed by atoms with E-state index in [0.29, 0.717) is 19.4 Å².